The van der Waals surface area contributed by atoms with E-state index in [1.165, 1.54) is 0 Å². The Morgan fingerprint density at radius 2 is 1.05 bits per heavy atom. The summed E-state index contributed by atoms with van der Waals surface area (Å²) in [4.78, 5) is 52.3. The van der Waals surface area contributed by atoms with Gasteiger partial charge in [-0.15, -0.1) is 0 Å². The van der Waals surface area contributed by atoms with Gasteiger partial charge in [-0.1, -0.05) is 22.6 Å². The number of hydrogen-bond donors (Lipinski definition) is 2. The monoisotopic (exact) mass is 723 g/mol. The first-order chi connectivity index (χ1) is 19.0. The Morgan fingerprint density at radius 3 is 1.37 bits per heavy atom. The number of carboxylic acids is 2. The summed E-state index contributed by atoms with van der Waals surface area (Å²) in [5.41, 5.74) is -0.663. The molecule has 41 heavy (non-hydrogen) atoms. The molecular formula is C24H25F6IMgO9. The van der Waals surface area contributed by atoms with E-state index in [1.54, 1.807) is 0 Å². The van der Waals surface area contributed by atoms with Crippen LogP contribution in [0.3, 0.4) is 0 Å². The first-order valence-electron chi connectivity index (χ1n) is 10.9. The topological polar surface area (TPSA) is 144 Å². The molecule has 0 aliphatic rings. The van der Waals surface area contributed by atoms with Gasteiger partial charge in [0.2, 0.25) is 0 Å². The van der Waals surface area contributed by atoms with Crippen LogP contribution in [0.2, 0.25) is 0 Å². The van der Waals surface area contributed by atoms with Crippen LogP contribution >= 0.6 is 22.6 Å². The predicted molar refractivity (Wildman–Crippen MR) is 142 cm³/mol. The van der Waals surface area contributed by atoms with Crippen molar-refractivity contribution in [2.45, 2.75) is 25.7 Å². The molecule has 2 aromatic carbocycles. The minimum atomic E-state index is -1.33. The number of hydrogen-bond acceptors (Lipinski definition) is 7. The van der Waals surface area contributed by atoms with E-state index in [2.05, 4.69) is 9.47 Å². The van der Waals surface area contributed by atoms with E-state index >= 15 is 0 Å². The minimum absolute atomic E-state index is 0. The fourth-order valence-electron chi connectivity index (χ4n) is 2.27. The second-order valence-electron chi connectivity index (χ2n) is 6.90. The van der Waals surface area contributed by atoms with Crippen LogP contribution in [-0.2, 0) is 46.3 Å². The first-order valence-corrected chi connectivity index (χ1v) is 11.8. The molecule has 2 rings (SSSR count). The van der Waals surface area contributed by atoms with Gasteiger partial charge in [0, 0.05) is 25.5 Å². The van der Waals surface area contributed by atoms with Gasteiger partial charge >= 0.3 is 46.9 Å². The van der Waals surface area contributed by atoms with E-state index in [0.29, 0.717) is 29.2 Å². The fraction of sp³-hybridized carbons (Fsp3) is 0.292. The maximum Gasteiger partial charge on any atom is 2.00 e. The minimum Gasteiger partial charge on any atom is -1.00 e. The van der Waals surface area contributed by atoms with E-state index in [9.17, 15) is 50.3 Å². The molecule has 0 unspecified atom stereocenters. The Bertz CT molecular complexity index is 1230. The van der Waals surface area contributed by atoms with Crippen molar-refractivity contribution in [3.8, 4) is 0 Å². The van der Waals surface area contributed by atoms with E-state index in [0.717, 1.165) is 14.2 Å². The summed E-state index contributed by atoms with van der Waals surface area (Å²) in [7, 11) is 2.25. The summed E-state index contributed by atoms with van der Waals surface area (Å²) in [6.07, 6.45) is -2.24. The van der Waals surface area contributed by atoms with Crippen LogP contribution in [0.5, 0.6) is 0 Å². The zero-order valence-electron chi connectivity index (χ0n) is 24.4. The number of alkyl halides is 1. The number of ketones is 1. The molecule has 2 N–H and O–H groups in total. The number of methoxy groups -OCH3 is 2. The number of carbonyl (C=O) groups excluding carboxylic acids is 3. The van der Waals surface area contributed by atoms with Crippen LogP contribution in [0.25, 0.3) is 0 Å². The molecule has 0 radical (unpaired) electrons. The molecule has 0 fully saturated rings. The normalized spacial score (nSPS) is 9.44. The summed E-state index contributed by atoms with van der Waals surface area (Å²) in [6, 6.07) is 1.82. The van der Waals surface area contributed by atoms with Crippen LogP contribution in [0.4, 0.5) is 26.3 Å². The van der Waals surface area contributed by atoms with Gasteiger partial charge in [-0.05, 0) is 22.6 Å². The number of esters is 2. The smallest absolute Gasteiger partial charge is 1.00 e. The standard InChI is InChI=1S/C11H9F3O3.C8H5F3O2.C4H6O4.CH3I.Mg.2H/c1-17-11(16)4-7(15)2-6-3-9(13)10(14)5-8(6)12;9-5-3-7(11)6(10)1-4(5)2-8(12)13;1-8-4(7)2-3(5)6;1-2;;;/h3,5H,2,4H2,1H3;1,3H,2H2,(H,12,13);2H2,1H3,(H,5,6);1H3;;;/q;;;;+2;2*-1/i;;;1D;;;. The number of carbonyl (C=O) groups is 5. The van der Waals surface area contributed by atoms with Gasteiger partial charge in [0.05, 0.1) is 20.6 Å². The average molecular weight is 724 g/mol. The zero-order valence-corrected chi connectivity index (χ0v) is 25.0. The molecule has 17 heteroatoms. The Morgan fingerprint density at radius 1 is 0.707 bits per heavy atom. The third-order valence-electron chi connectivity index (χ3n) is 4.00. The second kappa shape index (κ2) is 22.7. The average Bonchev–Trinajstić information content (AvgIpc) is 2.86. The number of halogens is 7. The summed E-state index contributed by atoms with van der Waals surface area (Å²) in [5, 5.41) is 16.2. The fourth-order valence-corrected chi connectivity index (χ4v) is 2.27. The summed E-state index contributed by atoms with van der Waals surface area (Å²) < 4.78 is 90.5. The van der Waals surface area contributed by atoms with Crippen molar-refractivity contribution in [1.82, 2.24) is 0 Å². The van der Waals surface area contributed by atoms with Crippen molar-refractivity contribution in [2.24, 2.45) is 0 Å². The van der Waals surface area contributed by atoms with Crippen LogP contribution in [-0.4, -0.2) is 82.1 Å². The van der Waals surface area contributed by atoms with Gasteiger partial charge in [0.15, 0.2) is 23.3 Å². The van der Waals surface area contributed by atoms with Gasteiger partial charge in [-0.2, -0.15) is 0 Å². The second-order valence-corrected chi connectivity index (χ2v) is 6.90. The quantitative estimate of drug-likeness (QED) is 0.0785. The molecule has 0 saturated carbocycles. The molecule has 0 saturated heterocycles. The van der Waals surface area contributed by atoms with Gasteiger partial charge in [-0.3, -0.25) is 24.0 Å². The third-order valence-corrected chi connectivity index (χ3v) is 4.00. The number of aliphatic carboxylic acids is 2. The van der Waals surface area contributed by atoms with Gasteiger partial charge in [0.1, 0.15) is 30.3 Å². The Kier molecular flexibility index (Phi) is 22.3. The maximum atomic E-state index is 13.1. The Labute approximate surface area is 263 Å². The summed E-state index contributed by atoms with van der Waals surface area (Å²) in [5.74, 6) is -11.8. The number of ether oxygens (including phenoxy) is 2. The van der Waals surface area contributed by atoms with Crippen LogP contribution in [0, 0.1) is 34.9 Å². The number of Topliss-reactive ketones (excluding diaryl/α,β-unsaturated/α-hetero) is 1. The van der Waals surface area contributed by atoms with Crippen molar-refractivity contribution in [3.63, 3.8) is 0 Å². The molecule has 0 spiro atoms. The zero-order chi connectivity index (χ0) is 32.3. The number of benzene rings is 2. The molecule has 0 bridgehead atoms. The van der Waals surface area contributed by atoms with Crippen LogP contribution in [0.1, 0.15) is 28.2 Å². The Balaban J connectivity index is -0.000000168. The van der Waals surface area contributed by atoms with Crippen LogP contribution < -0.4 is 0 Å². The molecule has 0 aromatic heterocycles. The largest absolute Gasteiger partial charge is 2.00 e. The molecule has 0 amide bonds. The molecule has 0 atom stereocenters. The van der Waals surface area contributed by atoms with Crippen molar-refractivity contribution in [1.29, 1.82) is 0 Å². The van der Waals surface area contributed by atoms with Gasteiger partial charge in [0.25, 0.3) is 0 Å². The van der Waals surface area contributed by atoms with Crippen LogP contribution in [0.15, 0.2) is 24.3 Å². The Hall–Kier alpha value is -2.93. The molecular weight excluding hydrogens is 697 g/mol. The van der Waals surface area contributed by atoms with Gasteiger partial charge in [-0.25, -0.2) is 26.3 Å². The van der Waals surface area contributed by atoms with Crippen molar-refractivity contribution in [2.75, 3.05) is 19.1 Å². The number of rotatable bonds is 8. The van der Waals surface area contributed by atoms with Crippen molar-refractivity contribution < 1.29 is 74.2 Å². The van der Waals surface area contributed by atoms with Crippen molar-refractivity contribution >= 4 is 75.3 Å². The predicted octanol–water partition coefficient (Wildman–Crippen LogP) is 4.04. The molecule has 0 aliphatic heterocycles. The summed E-state index contributed by atoms with van der Waals surface area (Å²) >= 11 is 1.96. The first kappa shape index (κ1) is 40.2. The molecule has 9 nitrogen and oxygen atoms in total. The summed E-state index contributed by atoms with van der Waals surface area (Å²) in [6.45, 7) is 0. The maximum absolute atomic E-state index is 13.1. The molecule has 0 aliphatic carbocycles. The van der Waals surface area contributed by atoms with E-state index in [-0.39, 0.29) is 37.0 Å². The van der Waals surface area contributed by atoms with Crippen molar-refractivity contribution in [3.05, 3.63) is 70.3 Å². The SMILES string of the molecule is COC(=O)CC(=O)Cc1cc(F)c(F)cc1F.COC(=O)CC(=O)O.O=C(O)Cc1cc(F)c(F)cc1F.[2H]CI.[H-].[H-].[Mg+2]. The van der Waals surface area contributed by atoms with E-state index < -0.39 is 90.2 Å². The number of carboxylic acid groups (broad SMARTS) is 2. The molecule has 0 heterocycles. The third kappa shape index (κ3) is 18.9. The van der Waals surface area contributed by atoms with Gasteiger partial charge < -0.3 is 22.5 Å². The molecule has 226 valence electrons. The molecule has 2 aromatic rings. The van der Waals surface area contributed by atoms with E-state index in [4.69, 9.17) is 11.6 Å². The van der Waals surface area contributed by atoms with E-state index in [1.807, 2.05) is 22.6 Å².